The molecule has 0 amide bonds. The zero-order chi connectivity index (χ0) is 11.3. The number of nitrogen functional groups attached to an aromatic ring is 1. The Labute approximate surface area is 87.8 Å². The SMILES string of the molecule is C=C/C(=C\N=CC)n1ncc(C#N)c1N. The first kappa shape index (κ1) is 10.7. The van der Waals surface area contributed by atoms with Gasteiger partial charge in [0.1, 0.15) is 17.5 Å². The quantitative estimate of drug-likeness (QED) is 0.593. The van der Waals surface area contributed by atoms with Gasteiger partial charge in [0.25, 0.3) is 0 Å². The maximum absolute atomic E-state index is 8.70. The summed E-state index contributed by atoms with van der Waals surface area (Å²) in [6.07, 6.45) is 6.17. The molecule has 0 unspecified atom stereocenters. The molecule has 0 aliphatic carbocycles. The van der Waals surface area contributed by atoms with Crippen molar-refractivity contribution in [1.29, 1.82) is 5.26 Å². The fourth-order valence-electron chi connectivity index (χ4n) is 0.995. The summed E-state index contributed by atoms with van der Waals surface area (Å²) in [6, 6.07) is 1.94. The fraction of sp³-hybridized carbons (Fsp3) is 0.100. The zero-order valence-corrected chi connectivity index (χ0v) is 8.38. The van der Waals surface area contributed by atoms with Crippen LogP contribution >= 0.6 is 0 Å². The summed E-state index contributed by atoms with van der Waals surface area (Å²) >= 11 is 0. The second-order valence-corrected chi connectivity index (χ2v) is 2.63. The summed E-state index contributed by atoms with van der Waals surface area (Å²) in [5.74, 6) is 0.287. The van der Waals surface area contributed by atoms with Crippen molar-refractivity contribution in [2.75, 3.05) is 5.73 Å². The van der Waals surface area contributed by atoms with Crippen molar-refractivity contribution < 1.29 is 0 Å². The highest BCUT2D eigenvalue weighted by Gasteiger charge is 2.07. The highest BCUT2D eigenvalue weighted by Crippen LogP contribution is 2.15. The van der Waals surface area contributed by atoms with Gasteiger partial charge in [-0.1, -0.05) is 6.58 Å². The molecule has 76 valence electrons. The first-order valence-corrected chi connectivity index (χ1v) is 4.29. The Morgan fingerprint density at radius 3 is 3.00 bits per heavy atom. The fourth-order valence-corrected chi connectivity index (χ4v) is 0.995. The van der Waals surface area contributed by atoms with Crippen LogP contribution in [0.4, 0.5) is 5.82 Å². The van der Waals surface area contributed by atoms with Crippen LogP contribution in [-0.4, -0.2) is 16.0 Å². The molecule has 0 spiro atoms. The number of allylic oxidation sites excluding steroid dienone is 2. The van der Waals surface area contributed by atoms with Crippen molar-refractivity contribution in [3.05, 3.63) is 30.6 Å². The van der Waals surface area contributed by atoms with Crippen molar-refractivity contribution >= 4 is 17.7 Å². The minimum atomic E-state index is 0.287. The molecule has 5 heteroatoms. The van der Waals surface area contributed by atoms with E-state index in [1.165, 1.54) is 10.9 Å². The van der Waals surface area contributed by atoms with Gasteiger partial charge in [0, 0.05) is 6.21 Å². The van der Waals surface area contributed by atoms with Crippen LogP contribution in [0.1, 0.15) is 12.5 Å². The summed E-state index contributed by atoms with van der Waals surface area (Å²) in [5.41, 5.74) is 6.65. The van der Waals surface area contributed by atoms with Crippen molar-refractivity contribution in [2.45, 2.75) is 6.92 Å². The van der Waals surface area contributed by atoms with Gasteiger partial charge in [0.05, 0.1) is 18.1 Å². The van der Waals surface area contributed by atoms with E-state index >= 15 is 0 Å². The van der Waals surface area contributed by atoms with E-state index in [9.17, 15) is 0 Å². The lowest BCUT2D eigenvalue weighted by molar-refractivity contribution is 0.918. The van der Waals surface area contributed by atoms with Gasteiger partial charge in [-0.2, -0.15) is 10.4 Å². The molecule has 0 saturated carbocycles. The molecule has 1 aromatic rings. The number of hydrogen-bond donors (Lipinski definition) is 1. The molecule has 0 aromatic carbocycles. The monoisotopic (exact) mass is 201 g/mol. The van der Waals surface area contributed by atoms with E-state index in [0.717, 1.165) is 0 Å². The van der Waals surface area contributed by atoms with E-state index in [1.54, 1.807) is 25.4 Å². The molecule has 2 N–H and O–H groups in total. The number of aliphatic imine (C=N–C) groups is 1. The Hall–Kier alpha value is -2.35. The third-order valence-corrected chi connectivity index (χ3v) is 1.74. The van der Waals surface area contributed by atoms with Crippen molar-refractivity contribution in [1.82, 2.24) is 9.78 Å². The summed E-state index contributed by atoms with van der Waals surface area (Å²) in [6.45, 7) is 5.42. The lowest BCUT2D eigenvalue weighted by Gasteiger charge is -2.02. The van der Waals surface area contributed by atoms with Crippen LogP contribution in [0.25, 0.3) is 5.70 Å². The van der Waals surface area contributed by atoms with E-state index in [2.05, 4.69) is 16.7 Å². The van der Waals surface area contributed by atoms with Crippen molar-refractivity contribution in [3.63, 3.8) is 0 Å². The van der Waals surface area contributed by atoms with Crippen LogP contribution in [0.15, 0.2) is 30.0 Å². The molecule has 0 aliphatic rings. The molecule has 1 aromatic heterocycles. The number of nitriles is 1. The molecule has 0 fully saturated rings. The molecule has 0 aliphatic heterocycles. The maximum Gasteiger partial charge on any atom is 0.145 e. The lowest BCUT2D eigenvalue weighted by atomic mass is 10.3. The molecule has 15 heavy (non-hydrogen) atoms. The summed E-state index contributed by atoms with van der Waals surface area (Å²) in [5, 5.41) is 12.7. The number of anilines is 1. The van der Waals surface area contributed by atoms with Crippen LogP contribution in [0.3, 0.4) is 0 Å². The third-order valence-electron chi connectivity index (χ3n) is 1.74. The minimum absolute atomic E-state index is 0.287. The first-order valence-electron chi connectivity index (χ1n) is 4.29. The number of rotatable bonds is 3. The van der Waals surface area contributed by atoms with Gasteiger partial charge in [-0.25, -0.2) is 4.68 Å². The summed E-state index contributed by atoms with van der Waals surface area (Å²) in [4.78, 5) is 3.94. The van der Waals surface area contributed by atoms with Crippen LogP contribution in [0.5, 0.6) is 0 Å². The first-order chi connectivity index (χ1) is 7.24. The van der Waals surface area contributed by atoms with E-state index < -0.39 is 0 Å². The van der Waals surface area contributed by atoms with Gasteiger partial charge in [-0.3, -0.25) is 4.99 Å². The largest absolute Gasteiger partial charge is 0.382 e. The van der Waals surface area contributed by atoms with E-state index in [0.29, 0.717) is 11.3 Å². The van der Waals surface area contributed by atoms with Crippen LogP contribution in [0.2, 0.25) is 0 Å². The standard InChI is InChI=1S/C10H11N5/c1-3-9(7-13-4-2)15-10(12)8(5-11)6-14-15/h3-4,6-7H,1,12H2,2H3/b9-7+,13-4?. The van der Waals surface area contributed by atoms with Gasteiger partial charge in [-0.05, 0) is 13.0 Å². The maximum atomic E-state index is 8.70. The number of nitrogens with two attached hydrogens (primary N) is 1. The summed E-state index contributed by atoms with van der Waals surface area (Å²) < 4.78 is 1.42. The Bertz CT molecular complexity index is 459. The van der Waals surface area contributed by atoms with Crippen LogP contribution in [-0.2, 0) is 0 Å². The van der Waals surface area contributed by atoms with Gasteiger partial charge in [0.2, 0.25) is 0 Å². The number of aromatic nitrogens is 2. The number of hydrogen-bond acceptors (Lipinski definition) is 4. The van der Waals surface area contributed by atoms with Gasteiger partial charge in [0.15, 0.2) is 0 Å². The molecular formula is C10H11N5. The van der Waals surface area contributed by atoms with Crippen molar-refractivity contribution in [2.24, 2.45) is 4.99 Å². The van der Waals surface area contributed by atoms with Gasteiger partial charge < -0.3 is 5.73 Å². The molecule has 1 rings (SSSR count). The average molecular weight is 201 g/mol. The predicted molar refractivity (Wildman–Crippen MR) is 60.0 cm³/mol. The Morgan fingerprint density at radius 1 is 1.80 bits per heavy atom. The Morgan fingerprint density at radius 2 is 2.53 bits per heavy atom. The smallest absolute Gasteiger partial charge is 0.145 e. The topological polar surface area (TPSA) is 80.0 Å². The average Bonchev–Trinajstić information content (AvgIpc) is 2.62. The molecular weight excluding hydrogens is 190 g/mol. The third kappa shape index (κ3) is 2.11. The highest BCUT2D eigenvalue weighted by molar-refractivity contribution is 5.65. The molecule has 5 nitrogen and oxygen atoms in total. The number of nitrogens with zero attached hydrogens (tertiary/aromatic N) is 4. The van der Waals surface area contributed by atoms with Gasteiger partial charge in [-0.15, -0.1) is 0 Å². The predicted octanol–water partition coefficient (Wildman–Crippen LogP) is 1.41. The molecule has 0 radical (unpaired) electrons. The Kier molecular flexibility index (Phi) is 3.41. The molecule has 0 bridgehead atoms. The van der Waals surface area contributed by atoms with E-state index in [1.807, 2.05) is 6.07 Å². The van der Waals surface area contributed by atoms with E-state index in [-0.39, 0.29) is 5.82 Å². The van der Waals surface area contributed by atoms with Crippen LogP contribution in [0, 0.1) is 11.3 Å². The molecule has 0 saturated heterocycles. The second-order valence-electron chi connectivity index (χ2n) is 2.63. The Balaban J connectivity index is 3.20. The lowest BCUT2D eigenvalue weighted by Crippen LogP contribution is -2.02. The zero-order valence-electron chi connectivity index (χ0n) is 8.38. The van der Waals surface area contributed by atoms with Crippen molar-refractivity contribution in [3.8, 4) is 6.07 Å². The summed E-state index contributed by atoms with van der Waals surface area (Å²) in [7, 11) is 0. The normalized spacial score (nSPS) is 11.6. The minimum Gasteiger partial charge on any atom is -0.382 e. The van der Waals surface area contributed by atoms with Crippen LogP contribution < -0.4 is 5.73 Å². The van der Waals surface area contributed by atoms with E-state index in [4.69, 9.17) is 11.0 Å². The molecule has 0 atom stereocenters. The highest BCUT2D eigenvalue weighted by atomic mass is 15.3. The van der Waals surface area contributed by atoms with Gasteiger partial charge >= 0.3 is 0 Å². The second kappa shape index (κ2) is 4.77. The molecule has 1 heterocycles.